The molecule has 110 valence electrons. The lowest BCUT2D eigenvalue weighted by Crippen LogP contribution is -2.55. The minimum absolute atomic E-state index is 0.264. The molecule has 21 heavy (non-hydrogen) atoms. The summed E-state index contributed by atoms with van der Waals surface area (Å²) in [6, 6.07) is 10.4. The molecule has 1 N–H and O–H groups in total. The summed E-state index contributed by atoms with van der Waals surface area (Å²) >= 11 is 0. The number of benzene rings is 1. The topological polar surface area (TPSA) is 62.6 Å². The van der Waals surface area contributed by atoms with Gasteiger partial charge in [0.1, 0.15) is 6.26 Å². The van der Waals surface area contributed by atoms with Crippen molar-refractivity contribution in [1.82, 2.24) is 10.4 Å². The van der Waals surface area contributed by atoms with Gasteiger partial charge in [-0.1, -0.05) is 18.2 Å². The number of rotatable bonds is 2. The van der Waals surface area contributed by atoms with Crippen LogP contribution in [0, 0.1) is 0 Å². The maximum Gasteiger partial charge on any atom is 0.273 e. The van der Waals surface area contributed by atoms with E-state index in [1.165, 1.54) is 17.5 Å². The molecule has 0 atom stereocenters. The number of nitrogens with one attached hydrogen (secondary N) is 1. The summed E-state index contributed by atoms with van der Waals surface area (Å²) < 4.78 is 4.88. The van der Waals surface area contributed by atoms with Gasteiger partial charge in [0, 0.05) is 5.56 Å². The SMILES string of the molecule is CC(C)(C)N(NC(=O)c1ccoc1)C(=O)c1ccccc1. The first-order chi connectivity index (χ1) is 9.89. The molecule has 0 bridgehead atoms. The molecule has 0 aliphatic heterocycles. The number of carbonyl (C=O) groups is 2. The summed E-state index contributed by atoms with van der Waals surface area (Å²) in [5.74, 6) is -0.650. The Morgan fingerprint density at radius 3 is 2.24 bits per heavy atom. The van der Waals surface area contributed by atoms with E-state index in [2.05, 4.69) is 5.43 Å². The van der Waals surface area contributed by atoms with Crippen LogP contribution in [-0.4, -0.2) is 22.4 Å². The highest BCUT2D eigenvalue weighted by Gasteiger charge is 2.29. The van der Waals surface area contributed by atoms with Crippen molar-refractivity contribution in [2.75, 3.05) is 0 Å². The Kier molecular flexibility index (Phi) is 4.12. The van der Waals surface area contributed by atoms with E-state index in [1.54, 1.807) is 30.3 Å². The fourth-order valence-corrected chi connectivity index (χ4v) is 1.79. The van der Waals surface area contributed by atoms with Crippen LogP contribution in [0.2, 0.25) is 0 Å². The quantitative estimate of drug-likeness (QED) is 0.863. The summed E-state index contributed by atoms with van der Waals surface area (Å²) in [5.41, 5.74) is 2.96. The minimum atomic E-state index is -0.563. The molecule has 0 radical (unpaired) electrons. The number of carbonyl (C=O) groups excluding carboxylic acids is 2. The Hall–Kier alpha value is -2.56. The third-order valence-electron chi connectivity index (χ3n) is 2.89. The number of nitrogens with zero attached hydrogens (tertiary/aromatic N) is 1. The molecule has 0 fully saturated rings. The maximum atomic E-state index is 12.6. The van der Waals surface area contributed by atoms with Gasteiger partial charge >= 0.3 is 0 Å². The molecule has 0 saturated heterocycles. The van der Waals surface area contributed by atoms with E-state index in [0.717, 1.165) is 0 Å². The van der Waals surface area contributed by atoms with Crippen molar-refractivity contribution in [2.24, 2.45) is 0 Å². The standard InChI is InChI=1S/C16H18N2O3/c1-16(2,3)18(15(20)12-7-5-4-6-8-12)17-14(19)13-9-10-21-11-13/h4-11H,1-3H3,(H,17,19). The number of amides is 2. The van der Waals surface area contributed by atoms with Crippen molar-refractivity contribution in [3.63, 3.8) is 0 Å². The molecule has 0 aliphatic rings. The first-order valence-corrected chi connectivity index (χ1v) is 6.62. The first kappa shape index (κ1) is 14.8. The van der Waals surface area contributed by atoms with Crippen LogP contribution in [0.1, 0.15) is 41.5 Å². The average molecular weight is 286 g/mol. The van der Waals surface area contributed by atoms with Crippen LogP contribution in [0.5, 0.6) is 0 Å². The van der Waals surface area contributed by atoms with Gasteiger partial charge in [0.2, 0.25) is 0 Å². The zero-order valence-electron chi connectivity index (χ0n) is 12.3. The highest BCUT2D eigenvalue weighted by Crippen LogP contribution is 2.15. The van der Waals surface area contributed by atoms with Crippen molar-refractivity contribution >= 4 is 11.8 Å². The van der Waals surface area contributed by atoms with E-state index in [9.17, 15) is 9.59 Å². The number of furan rings is 1. The van der Waals surface area contributed by atoms with Crippen molar-refractivity contribution in [3.05, 3.63) is 60.1 Å². The van der Waals surface area contributed by atoms with Crippen LogP contribution in [0.25, 0.3) is 0 Å². The molecule has 5 heteroatoms. The van der Waals surface area contributed by atoms with Crippen LogP contribution >= 0.6 is 0 Å². The van der Waals surface area contributed by atoms with Crippen molar-refractivity contribution in [1.29, 1.82) is 0 Å². The van der Waals surface area contributed by atoms with Gasteiger partial charge in [-0.05, 0) is 39.0 Å². The minimum Gasteiger partial charge on any atom is -0.472 e. The normalized spacial score (nSPS) is 11.0. The van der Waals surface area contributed by atoms with E-state index in [-0.39, 0.29) is 11.8 Å². The Bertz CT molecular complexity index is 613. The van der Waals surface area contributed by atoms with Crippen LogP contribution in [0.3, 0.4) is 0 Å². The van der Waals surface area contributed by atoms with Gasteiger partial charge in [-0.3, -0.25) is 15.0 Å². The summed E-state index contributed by atoms with van der Waals surface area (Å²) in [7, 11) is 0. The largest absolute Gasteiger partial charge is 0.472 e. The second kappa shape index (κ2) is 5.83. The number of hydrogen-bond acceptors (Lipinski definition) is 3. The zero-order valence-corrected chi connectivity index (χ0v) is 12.3. The van der Waals surface area contributed by atoms with Gasteiger partial charge in [0.25, 0.3) is 11.8 Å². The van der Waals surface area contributed by atoms with Gasteiger partial charge in [-0.15, -0.1) is 0 Å². The average Bonchev–Trinajstić information content (AvgIpc) is 2.98. The van der Waals surface area contributed by atoms with Crippen molar-refractivity contribution < 1.29 is 14.0 Å². The summed E-state index contributed by atoms with van der Waals surface area (Å²) in [6.07, 6.45) is 2.75. The van der Waals surface area contributed by atoms with Gasteiger partial charge in [-0.2, -0.15) is 0 Å². The Morgan fingerprint density at radius 2 is 1.71 bits per heavy atom. The molecule has 2 amide bonds. The molecular weight excluding hydrogens is 268 g/mol. The van der Waals surface area contributed by atoms with Crippen molar-refractivity contribution in [2.45, 2.75) is 26.3 Å². The summed E-state index contributed by atoms with van der Waals surface area (Å²) in [4.78, 5) is 24.7. The van der Waals surface area contributed by atoms with Gasteiger partial charge in [-0.25, -0.2) is 5.01 Å². The van der Waals surface area contributed by atoms with Crippen LogP contribution in [0.4, 0.5) is 0 Å². The predicted molar refractivity (Wildman–Crippen MR) is 78.5 cm³/mol. The van der Waals surface area contributed by atoms with Crippen LogP contribution in [0.15, 0.2) is 53.3 Å². The predicted octanol–water partition coefficient (Wildman–Crippen LogP) is 2.87. The summed E-state index contributed by atoms with van der Waals surface area (Å²) in [6.45, 7) is 5.55. The third-order valence-corrected chi connectivity index (χ3v) is 2.89. The van der Waals surface area contributed by atoms with Gasteiger partial charge < -0.3 is 4.42 Å². The zero-order chi connectivity index (χ0) is 15.5. The maximum absolute atomic E-state index is 12.6. The molecule has 1 aromatic heterocycles. The third kappa shape index (κ3) is 3.51. The van der Waals surface area contributed by atoms with E-state index < -0.39 is 5.54 Å². The van der Waals surface area contributed by atoms with E-state index in [0.29, 0.717) is 11.1 Å². The second-order valence-electron chi connectivity index (χ2n) is 5.63. The van der Waals surface area contributed by atoms with Gasteiger partial charge in [0.15, 0.2) is 0 Å². The lowest BCUT2D eigenvalue weighted by Gasteiger charge is -2.35. The Balaban J connectivity index is 2.24. The fourth-order valence-electron chi connectivity index (χ4n) is 1.79. The highest BCUT2D eigenvalue weighted by molar-refractivity contribution is 5.99. The fraction of sp³-hybridized carbons (Fsp3) is 0.250. The van der Waals surface area contributed by atoms with Gasteiger partial charge in [0.05, 0.1) is 17.4 Å². The second-order valence-corrected chi connectivity index (χ2v) is 5.63. The molecule has 5 nitrogen and oxygen atoms in total. The Morgan fingerprint density at radius 1 is 1.05 bits per heavy atom. The highest BCUT2D eigenvalue weighted by atomic mass is 16.3. The molecule has 1 heterocycles. The van der Waals surface area contributed by atoms with Crippen molar-refractivity contribution in [3.8, 4) is 0 Å². The molecular formula is C16H18N2O3. The number of hydrazine groups is 1. The molecule has 2 aromatic rings. The summed E-state index contributed by atoms with van der Waals surface area (Å²) in [5, 5.41) is 1.33. The lowest BCUT2D eigenvalue weighted by molar-refractivity contribution is 0.0358. The molecule has 2 rings (SSSR count). The van der Waals surface area contributed by atoms with Crippen LogP contribution in [-0.2, 0) is 0 Å². The monoisotopic (exact) mass is 286 g/mol. The first-order valence-electron chi connectivity index (χ1n) is 6.62. The molecule has 0 spiro atoms. The smallest absolute Gasteiger partial charge is 0.273 e. The molecule has 0 aliphatic carbocycles. The molecule has 1 aromatic carbocycles. The van der Waals surface area contributed by atoms with E-state index in [1.807, 2.05) is 26.8 Å². The van der Waals surface area contributed by atoms with Crippen LogP contribution < -0.4 is 5.43 Å². The van der Waals surface area contributed by atoms with E-state index >= 15 is 0 Å². The molecule has 0 unspecified atom stereocenters. The number of hydrogen-bond donors (Lipinski definition) is 1. The Labute approximate surface area is 123 Å². The lowest BCUT2D eigenvalue weighted by atomic mass is 10.1. The molecule has 0 saturated carbocycles. The van der Waals surface area contributed by atoms with E-state index in [4.69, 9.17) is 4.42 Å².